The zero-order valence-corrected chi connectivity index (χ0v) is 19.5. The zero-order valence-electron chi connectivity index (χ0n) is 19.5. The summed E-state index contributed by atoms with van der Waals surface area (Å²) in [6.07, 6.45) is 5.12. The van der Waals surface area contributed by atoms with Gasteiger partial charge in [-0.25, -0.2) is 4.39 Å². The molecule has 1 unspecified atom stereocenters. The summed E-state index contributed by atoms with van der Waals surface area (Å²) >= 11 is 0. The van der Waals surface area contributed by atoms with E-state index in [1.165, 1.54) is 6.07 Å². The molecule has 8 heteroatoms. The molecule has 0 saturated heterocycles. The third-order valence-corrected chi connectivity index (χ3v) is 6.29. The summed E-state index contributed by atoms with van der Waals surface area (Å²) in [5.41, 5.74) is 6.97. The minimum absolute atomic E-state index is 0.313. The van der Waals surface area contributed by atoms with Gasteiger partial charge in [-0.2, -0.15) is 5.10 Å². The van der Waals surface area contributed by atoms with E-state index in [1.807, 2.05) is 37.3 Å². The van der Waals surface area contributed by atoms with E-state index in [1.54, 1.807) is 36.8 Å². The molecule has 0 radical (unpaired) electrons. The van der Waals surface area contributed by atoms with Gasteiger partial charge in [0.05, 0.1) is 28.8 Å². The lowest BCUT2D eigenvalue weighted by Crippen LogP contribution is -2.16. The summed E-state index contributed by atoms with van der Waals surface area (Å²) in [4.78, 5) is 12.2. The number of aromatic amines is 2. The Kier molecular flexibility index (Phi) is 5.42. The minimum Gasteiger partial charge on any atom is -0.374 e. The number of fused-ring (bicyclic) bond motifs is 2. The van der Waals surface area contributed by atoms with Crippen molar-refractivity contribution < 1.29 is 9.50 Å². The molecular weight excluding hydrogens is 455 g/mol. The summed E-state index contributed by atoms with van der Waals surface area (Å²) in [5.74, 6) is -0.313. The predicted molar refractivity (Wildman–Crippen MR) is 140 cm³/mol. The van der Waals surface area contributed by atoms with Gasteiger partial charge in [0.15, 0.2) is 0 Å². The highest BCUT2D eigenvalue weighted by Gasteiger charge is 2.16. The Labute approximate surface area is 206 Å². The van der Waals surface area contributed by atoms with Crippen LogP contribution in [0.25, 0.3) is 55.6 Å². The van der Waals surface area contributed by atoms with Gasteiger partial charge < -0.3 is 15.4 Å². The van der Waals surface area contributed by atoms with Crippen molar-refractivity contribution in [1.29, 1.82) is 0 Å². The van der Waals surface area contributed by atoms with Gasteiger partial charge >= 0.3 is 0 Å². The van der Waals surface area contributed by atoms with Crippen LogP contribution in [0.2, 0.25) is 0 Å². The molecule has 6 rings (SSSR count). The number of aliphatic hydroxyl groups is 1. The number of aromatic nitrogens is 5. The van der Waals surface area contributed by atoms with Crippen LogP contribution in [0.1, 0.15) is 13.3 Å². The highest BCUT2D eigenvalue weighted by molar-refractivity contribution is 6.00. The molecule has 36 heavy (non-hydrogen) atoms. The number of pyridine rings is 2. The number of aliphatic hydroxyl groups excluding tert-OH is 1. The number of anilines is 1. The predicted octanol–water partition coefficient (Wildman–Crippen LogP) is 6.11. The van der Waals surface area contributed by atoms with Crippen LogP contribution < -0.4 is 5.32 Å². The summed E-state index contributed by atoms with van der Waals surface area (Å²) in [5, 5.41) is 22.4. The Morgan fingerprint density at radius 3 is 2.67 bits per heavy atom. The van der Waals surface area contributed by atoms with E-state index in [4.69, 9.17) is 0 Å². The molecule has 6 aromatic rings. The molecule has 0 saturated carbocycles. The number of hydrogen-bond acceptors (Lipinski definition) is 5. The highest BCUT2D eigenvalue weighted by atomic mass is 19.1. The lowest BCUT2D eigenvalue weighted by Gasteiger charge is -2.12. The van der Waals surface area contributed by atoms with Crippen LogP contribution in [0, 0.1) is 5.82 Å². The van der Waals surface area contributed by atoms with Crippen LogP contribution in [-0.2, 0) is 0 Å². The number of benzene rings is 2. The largest absolute Gasteiger partial charge is 0.374 e. The molecule has 0 amide bonds. The molecule has 0 aliphatic carbocycles. The molecule has 4 aromatic heterocycles. The molecule has 0 aliphatic heterocycles. The molecule has 4 N–H and O–H groups in total. The average molecular weight is 479 g/mol. The van der Waals surface area contributed by atoms with E-state index in [0.717, 1.165) is 50.0 Å². The molecule has 178 valence electrons. The van der Waals surface area contributed by atoms with Crippen molar-refractivity contribution in [3.05, 3.63) is 85.1 Å². The molecule has 0 fully saturated rings. The number of rotatable bonds is 6. The van der Waals surface area contributed by atoms with Gasteiger partial charge in [0.25, 0.3) is 0 Å². The molecule has 7 nitrogen and oxygen atoms in total. The van der Waals surface area contributed by atoms with Gasteiger partial charge in [-0.3, -0.25) is 15.1 Å². The Bertz CT molecular complexity index is 1710. The van der Waals surface area contributed by atoms with Gasteiger partial charge in [-0.15, -0.1) is 0 Å². The van der Waals surface area contributed by atoms with Crippen molar-refractivity contribution in [3.63, 3.8) is 0 Å². The second-order valence-corrected chi connectivity index (χ2v) is 8.65. The lowest BCUT2D eigenvalue weighted by atomic mass is 10.0. The number of nitrogens with one attached hydrogen (secondary N) is 3. The monoisotopic (exact) mass is 478 g/mol. The van der Waals surface area contributed by atoms with Gasteiger partial charge in [0.2, 0.25) is 0 Å². The fourth-order valence-corrected chi connectivity index (χ4v) is 4.42. The Morgan fingerprint density at radius 2 is 1.81 bits per heavy atom. The van der Waals surface area contributed by atoms with E-state index in [0.29, 0.717) is 17.7 Å². The molecule has 4 heterocycles. The Morgan fingerprint density at radius 1 is 0.944 bits per heavy atom. The molecule has 0 spiro atoms. The summed E-state index contributed by atoms with van der Waals surface area (Å²) < 4.78 is 14.5. The first-order chi connectivity index (χ1) is 17.6. The molecular formula is C28H23FN6O. The van der Waals surface area contributed by atoms with Crippen LogP contribution in [-0.4, -0.2) is 36.5 Å². The van der Waals surface area contributed by atoms with Crippen molar-refractivity contribution in [1.82, 2.24) is 25.1 Å². The maximum absolute atomic E-state index is 14.5. The minimum atomic E-state index is -0.629. The summed E-state index contributed by atoms with van der Waals surface area (Å²) in [6, 6.07) is 18.5. The van der Waals surface area contributed by atoms with E-state index >= 15 is 0 Å². The molecule has 0 aliphatic rings. The Balaban J connectivity index is 1.43. The Hall–Kier alpha value is -4.56. The zero-order chi connectivity index (χ0) is 24.6. The number of H-pyrrole nitrogens is 2. The second kappa shape index (κ2) is 8.90. The van der Waals surface area contributed by atoms with E-state index in [2.05, 4.69) is 36.5 Å². The van der Waals surface area contributed by atoms with Crippen molar-refractivity contribution in [2.24, 2.45) is 0 Å². The first kappa shape index (κ1) is 21.9. The third kappa shape index (κ3) is 3.87. The van der Waals surface area contributed by atoms with Crippen LogP contribution in [0.4, 0.5) is 10.1 Å². The fourth-order valence-electron chi connectivity index (χ4n) is 4.42. The normalized spacial score (nSPS) is 12.3. The van der Waals surface area contributed by atoms with E-state index < -0.39 is 6.23 Å². The molecule has 2 aromatic carbocycles. The number of halogens is 1. The molecule has 1 atom stereocenters. The average Bonchev–Trinajstić information content (AvgIpc) is 3.52. The third-order valence-electron chi connectivity index (χ3n) is 6.29. The van der Waals surface area contributed by atoms with Crippen LogP contribution in [0.5, 0.6) is 0 Å². The van der Waals surface area contributed by atoms with Gasteiger partial charge in [0.1, 0.15) is 17.7 Å². The maximum atomic E-state index is 14.5. The maximum Gasteiger partial charge on any atom is 0.132 e. The quantitative estimate of drug-likeness (QED) is 0.216. The van der Waals surface area contributed by atoms with Gasteiger partial charge in [-0.1, -0.05) is 25.1 Å². The van der Waals surface area contributed by atoms with Gasteiger partial charge in [0, 0.05) is 39.8 Å². The number of hydrogen-bond donors (Lipinski definition) is 4. The van der Waals surface area contributed by atoms with Gasteiger partial charge in [-0.05, 0) is 54.4 Å². The SMILES string of the molecule is CCC(O)Nc1cncc(-c2ccc3[nH]nc(-c4cc5c(-c6ccccc6F)nccc5[nH]4)c3c2)c1. The smallest absolute Gasteiger partial charge is 0.132 e. The van der Waals surface area contributed by atoms with E-state index in [-0.39, 0.29) is 5.82 Å². The van der Waals surface area contributed by atoms with Crippen LogP contribution in [0.15, 0.2) is 79.3 Å². The lowest BCUT2D eigenvalue weighted by molar-refractivity contribution is 0.199. The topological polar surface area (TPSA) is 103 Å². The van der Waals surface area contributed by atoms with Crippen LogP contribution in [0.3, 0.4) is 0 Å². The van der Waals surface area contributed by atoms with Crippen molar-refractivity contribution in [2.75, 3.05) is 5.32 Å². The van der Waals surface area contributed by atoms with Crippen LogP contribution >= 0.6 is 0 Å². The number of nitrogens with zero attached hydrogens (tertiary/aromatic N) is 3. The standard InChI is InChI=1S/C28H23FN6O/c1-2-26(36)32-18-11-17(14-30-15-18)16-7-8-24-20(12-16)28(35-34-24)25-13-21-23(33-25)9-10-31-27(21)19-5-3-4-6-22(19)29/h3-15,26,32-33,36H,2H2,1H3,(H,34,35). The van der Waals surface area contributed by atoms with Crippen molar-refractivity contribution >= 4 is 27.5 Å². The summed E-state index contributed by atoms with van der Waals surface area (Å²) in [7, 11) is 0. The van der Waals surface area contributed by atoms with Crippen molar-refractivity contribution in [3.8, 4) is 33.8 Å². The van der Waals surface area contributed by atoms with E-state index in [9.17, 15) is 9.50 Å². The molecule has 0 bridgehead atoms. The first-order valence-corrected chi connectivity index (χ1v) is 11.7. The van der Waals surface area contributed by atoms with Crippen molar-refractivity contribution in [2.45, 2.75) is 19.6 Å². The fraction of sp³-hybridized carbons (Fsp3) is 0.107. The second-order valence-electron chi connectivity index (χ2n) is 8.65. The highest BCUT2D eigenvalue weighted by Crippen LogP contribution is 2.35. The summed E-state index contributed by atoms with van der Waals surface area (Å²) in [6.45, 7) is 1.91. The first-order valence-electron chi connectivity index (χ1n) is 11.7.